The fraction of sp³-hybridized carbons (Fsp3) is 0.576. The van der Waals surface area contributed by atoms with Crippen LogP contribution in [0.2, 0.25) is 0 Å². The second-order valence-electron chi connectivity index (χ2n) is 12.7. The van der Waals surface area contributed by atoms with E-state index in [-0.39, 0.29) is 23.9 Å². The molecule has 3 aromatic rings. The van der Waals surface area contributed by atoms with Crippen LogP contribution in [-0.4, -0.2) is 61.1 Å². The number of fused-ring (bicyclic) bond motifs is 1. The molecule has 2 aromatic heterocycles. The first-order valence-electron chi connectivity index (χ1n) is 15.8. The summed E-state index contributed by atoms with van der Waals surface area (Å²) in [4.78, 5) is 56.8. The maximum atomic E-state index is 14.0. The summed E-state index contributed by atoms with van der Waals surface area (Å²) in [5, 5.41) is 16.8. The number of aromatic amines is 1. The summed E-state index contributed by atoms with van der Waals surface area (Å²) < 4.78 is 8.09. The summed E-state index contributed by atoms with van der Waals surface area (Å²) in [5.74, 6) is -1.44. The first-order chi connectivity index (χ1) is 21.0. The Kier molecular flexibility index (Phi) is 11.4. The normalized spacial score (nSPS) is 16.9. The fourth-order valence-electron chi connectivity index (χ4n) is 6.07. The van der Waals surface area contributed by atoms with E-state index in [0.717, 1.165) is 37.7 Å². The van der Waals surface area contributed by atoms with E-state index >= 15 is 0 Å². The van der Waals surface area contributed by atoms with E-state index < -0.39 is 48.1 Å². The molecule has 2 unspecified atom stereocenters. The first kappa shape index (κ1) is 33.0. The lowest BCUT2D eigenvalue weighted by Crippen LogP contribution is -2.56. The Labute approximate surface area is 258 Å². The molecule has 1 fully saturated rings. The predicted molar refractivity (Wildman–Crippen MR) is 167 cm³/mol. The molecule has 0 aliphatic heterocycles. The summed E-state index contributed by atoms with van der Waals surface area (Å²) in [7, 11) is 0. The molecule has 11 heteroatoms. The molecular weight excluding hydrogens is 562 g/mol. The highest BCUT2D eigenvalue weighted by molar-refractivity contribution is 5.90. The van der Waals surface area contributed by atoms with Gasteiger partial charge in [0.15, 0.2) is 6.10 Å². The highest BCUT2D eigenvalue weighted by atomic mass is 16.6. The Morgan fingerprint density at radius 2 is 1.73 bits per heavy atom. The number of esters is 1. The third kappa shape index (κ3) is 8.62. The van der Waals surface area contributed by atoms with Gasteiger partial charge in [0.25, 0.3) is 0 Å². The largest absolute Gasteiger partial charge is 0.461 e. The van der Waals surface area contributed by atoms with Gasteiger partial charge in [-0.1, -0.05) is 76.3 Å². The Bertz CT molecular complexity index is 1440. The second-order valence-corrected chi connectivity index (χ2v) is 12.7. The van der Waals surface area contributed by atoms with Crippen LogP contribution in [0.25, 0.3) is 5.65 Å². The van der Waals surface area contributed by atoms with Crippen molar-refractivity contribution in [3.8, 4) is 0 Å². The average Bonchev–Trinajstić information content (AvgIpc) is 3.57. The van der Waals surface area contributed by atoms with Gasteiger partial charge in [0, 0.05) is 18.8 Å². The van der Waals surface area contributed by atoms with Gasteiger partial charge in [-0.25, -0.2) is 9.59 Å². The van der Waals surface area contributed by atoms with Crippen molar-refractivity contribution >= 4 is 23.4 Å². The number of amides is 2. The van der Waals surface area contributed by atoms with Crippen LogP contribution in [-0.2, 0) is 25.5 Å². The van der Waals surface area contributed by atoms with Crippen LogP contribution in [0.1, 0.15) is 84.2 Å². The highest BCUT2D eigenvalue weighted by Gasteiger charge is 2.35. The zero-order chi connectivity index (χ0) is 31.8. The molecule has 0 saturated heterocycles. The number of aromatic nitrogens is 3. The molecule has 0 spiro atoms. The van der Waals surface area contributed by atoms with Crippen molar-refractivity contribution in [1.82, 2.24) is 24.6 Å². The first-order valence-corrected chi connectivity index (χ1v) is 15.8. The molecular formula is C33H47N5O6. The quantitative estimate of drug-likeness (QED) is 0.206. The number of aliphatic hydroxyl groups is 1. The minimum Gasteiger partial charge on any atom is -0.461 e. The SMILES string of the molecule is CC(C)CC(NC(=O)[C@H](Cc1ccccc1)n1cc2[nH]ccn2c1=O)C(=O)N[C@@H](CC1CCCCC1)C(O)C(=O)OC(C)C. The molecule has 0 radical (unpaired) electrons. The number of nitrogens with zero attached hydrogens (tertiary/aromatic N) is 2. The van der Waals surface area contributed by atoms with Crippen LogP contribution in [0, 0.1) is 11.8 Å². The zero-order valence-corrected chi connectivity index (χ0v) is 26.2. The topological polar surface area (TPSA) is 147 Å². The van der Waals surface area contributed by atoms with E-state index in [2.05, 4.69) is 15.6 Å². The number of rotatable bonds is 14. The Balaban J connectivity index is 1.58. The molecule has 1 aliphatic carbocycles. The van der Waals surface area contributed by atoms with E-state index in [1.807, 2.05) is 44.2 Å². The maximum absolute atomic E-state index is 14.0. The standard InChI is InChI=1S/C33H47N5O6/c1-21(2)17-26(30(40)35-25(18-23-11-7-5-8-12-23)29(39)32(42)44-22(3)4)36-31(41)27(19-24-13-9-6-10-14-24)38-20-28-34-15-16-37(28)33(38)43/h6,9-10,13-16,20-23,25-27,29,34,39H,5,7-8,11-12,17-19H2,1-4H3,(H,35,40)(H,36,41)/t25-,26?,27-,29?/m0/s1. The average molecular weight is 610 g/mol. The van der Waals surface area contributed by atoms with E-state index in [9.17, 15) is 24.3 Å². The molecule has 240 valence electrons. The highest BCUT2D eigenvalue weighted by Crippen LogP contribution is 2.28. The fourth-order valence-corrected chi connectivity index (χ4v) is 6.07. The van der Waals surface area contributed by atoms with Crippen LogP contribution in [0.3, 0.4) is 0 Å². The number of hydrogen-bond acceptors (Lipinski definition) is 6. The van der Waals surface area contributed by atoms with Gasteiger partial charge in [-0.15, -0.1) is 0 Å². The van der Waals surface area contributed by atoms with Crippen LogP contribution in [0.15, 0.2) is 53.7 Å². The molecule has 4 rings (SSSR count). The molecule has 1 aliphatic rings. The van der Waals surface area contributed by atoms with E-state index in [1.54, 1.807) is 32.4 Å². The van der Waals surface area contributed by atoms with Gasteiger partial charge in [-0.3, -0.25) is 18.6 Å². The van der Waals surface area contributed by atoms with Crippen molar-refractivity contribution in [2.45, 2.75) is 109 Å². The summed E-state index contributed by atoms with van der Waals surface area (Å²) in [5.41, 5.74) is 1.03. The molecule has 2 heterocycles. The van der Waals surface area contributed by atoms with Crippen molar-refractivity contribution in [1.29, 1.82) is 0 Å². The van der Waals surface area contributed by atoms with Gasteiger partial charge in [0.05, 0.1) is 18.3 Å². The van der Waals surface area contributed by atoms with Gasteiger partial charge in [-0.2, -0.15) is 0 Å². The molecule has 1 saturated carbocycles. The van der Waals surface area contributed by atoms with Gasteiger partial charge in [0.2, 0.25) is 11.8 Å². The third-order valence-corrected chi connectivity index (χ3v) is 8.27. The molecule has 1 aromatic carbocycles. The van der Waals surface area contributed by atoms with Gasteiger partial charge < -0.3 is 25.5 Å². The lowest BCUT2D eigenvalue weighted by molar-refractivity contribution is -0.159. The molecule has 4 atom stereocenters. The Morgan fingerprint density at radius 1 is 1.02 bits per heavy atom. The Morgan fingerprint density at radius 3 is 2.36 bits per heavy atom. The van der Waals surface area contributed by atoms with Crippen molar-refractivity contribution in [3.63, 3.8) is 0 Å². The van der Waals surface area contributed by atoms with Crippen molar-refractivity contribution in [3.05, 3.63) is 65.0 Å². The van der Waals surface area contributed by atoms with Crippen molar-refractivity contribution in [2.75, 3.05) is 0 Å². The van der Waals surface area contributed by atoms with Gasteiger partial charge in [0.1, 0.15) is 17.7 Å². The lowest BCUT2D eigenvalue weighted by Gasteiger charge is -2.31. The number of carbonyl (C=O) groups excluding carboxylic acids is 3. The summed E-state index contributed by atoms with van der Waals surface area (Å²) in [6.07, 6.45) is 9.11. The number of nitrogens with one attached hydrogen (secondary N) is 3. The van der Waals surface area contributed by atoms with Crippen LogP contribution in [0.4, 0.5) is 0 Å². The summed E-state index contributed by atoms with van der Waals surface area (Å²) >= 11 is 0. The van der Waals surface area contributed by atoms with Gasteiger partial charge in [-0.05, 0) is 44.1 Å². The van der Waals surface area contributed by atoms with Crippen LogP contribution < -0.4 is 16.3 Å². The van der Waals surface area contributed by atoms with E-state index in [4.69, 9.17) is 4.74 Å². The van der Waals surface area contributed by atoms with E-state index in [0.29, 0.717) is 18.5 Å². The number of H-pyrrole nitrogens is 1. The monoisotopic (exact) mass is 609 g/mol. The third-order valence-electron chi connectivity index (χ3n) is 8.27. The molecule has 44 heavy (non-hydrogen) atoms. The van der Waals surface area contributed by atoms with Crippen molar-refractivity contribution < 1.29 is 24.2 Å². The minimum atomic E-state index is -1.53. The molecule has 2 amide bonds. The summed E-state index contributed by atoms with van der Waals surface area (Å²) in [6.45, 7) is 7.31. The minimum absolute atomic E-state index is 0.0431. The molecule has 4 N–H and O–H groups in total. The number of aliphatic hydroxyl groups excluding tert-OH is 1. The van der Waals surface area contributed by atoms with Gasteiger partial charge >= 0.3 is 11.7 Å². The Hall–Kier alpha value is -3.86. The number of ether oxygens (including phenoxy) is 1. The summed E-state index contributed by atoms with van der Waals surface area (Å²) in [6, 6.07) is 6.65. The smallest absolute Gasteiger partial charge is 0.337 e. The van der Waals surface area contributed by atoms with Crippen LogP contribution in [0.5, 0.6) is 0 Å². The number of hydrogen-bond donors (Lipinski definition) is 4. The van der Waals surface area contributed by atoms with Crippen molar-refractivity contribution in [2.24, 2.45) is 11.8 Å². The zero-order valence-electron chi connectivity index (χ0n) is 26.2. The molecule has 11 nitrogen and oxygen atoms in total. The number of carbonyl (C=O) groups is 3. The number of benzene rings is 1. The van der Waals surface area contributed by atoms with E-state index in [1.165, 1.54) is 8.97 Å². The maximum Gasteiger partial charge on any atom is 0.337 e. The second kappa shape index (κ2) is 15.2. The number of imidazole rings is 2. The van der Waals surface area contributed by atoms with Crippen LogP contribution >= 0.6 is 0 Å². The predicted octanol–water partition coefficient (Wildman–Crippen LogP) is 3.51. The lowest BCUT2D eigenvalue weighted by atomic mass is 9.83. The molecule has 0 bridgehead atoms.